The second-order valence-electron chi connectivity index (χ2n) is 13.8. The normalized spacial score (nSPS) is 15.2. The van der Waals surface area contributed by atoms with Gasteiger partial charge < -0.3 is 21.1 Å². The SMILES string of the molecule is CC/C=C\C/C=C\C/C=C\C/C=C\C/C=C\C/C=C\C/C=C\CCCC(=O)NC(COP(=O)(O)OCCN)C(O)/C=C/CC/C=C/CC/C=C/CCCCCCC. The summed E-state index contributed by atoms with van der Waals surface area (Å²) in [5.41, 5.74) is 5.36. The third-order valence-corrected chi connectivity index (χ3v) is 9.48. The largest absolute Gasteiger partial charge is 0.472 e. The molecule has 0 aromatic carbocycles. The van der Waals surface area contributed by atoms with Gasteiger partial charge in [-0.15, -0.1) is 0 Å². The summed E-state index contributed by atoms with van der Waals surface area (Å²) < 4.78 is 22.1. The molecule has 3 atom stereocenters. The van der Waals surface area contributed by atoms with E-state index in [4.69, 9.17) is 14.8 Å². The van der Waals surface area contributed by atoms with Crippen molar-refractivity contribution in [3.05, 3.63) is 122 Å². The number of nitrogens with one attached hydrogen (secondary N) is 1. The number of hydrogen-bond donors (Lipinski definition) is 4. The molecule has 0 aliphatic rings. The quantitative estimate of drug-likeness (QED) is 0.0277. The smallest absolute Gasteiger partial charge is 0.387 e. The van der Waals surface area contributed by atoms with Gasteiger partial charge in [-0.1, -0.05) is 161 Å². The van der Waals surface area contributed by atoms with E-state index in [1.54, 1.807) is 6.08 Å². The lowest BCUT2D eigenvalue weighted by Gasteiger charge is -2.23. The number of carbonyl (C=O) groups is 1. The van der Waals surface area contributed by atoms with Gasteiger partial charge in [0.25, 0.3) is 0 Å². The monoisotopic (exact) mass is 811 g/mol. The predicted molar refractivity (Wildman–Crippen MR) is 244 cm³/mol. The lowest BCUT2D eigenvalue weighted by molar-refractivity contribution is -0.122. The van der Waals surface area contributed by atoms with Gasteiger partial charge in [0.15, 0.2) is 0 Å². The van der Waals surface area contributed by atoms with Crippen molar-refractivity contribution in [3.8, 4) is 0 Å². The minimum atomic E-state index is -4.38. The number of hydrogen-bond acceptors (Lipinski definition) is 6. The molecule has 0 heterocycles. The van der Waals surface area contributed by atoms with Crippen LogP contribution in [0.4, 0.5) is 0 Å². The number of aliphatic hydroxyl groups is 1. The fourth-order valence-electron chi connectivity index (χ4n) is 5.27. The molecule has 0 aromatic rings. The van der Waals surface area contributed by atoms with E-state index in [1.165, 1.54) is 32.1 Å². The molecule has 9 heteroatoms. The summed E-state index contributed by atoms with van der Waals surface area (Å²) in [5, 5.41) is 13.6. The van der Waals surface area contributed by atoms with Crippen LogP contribution in [0, 0.1) is 0 Å². The van der Waals surface area contributed by atoms with Crippen LogP contribution in [-0.4, -0.2) is 47.8 Å². The van der Waals surface area contributed by atoms with Gasteiger partial charge in [-0.3, -0.25) is 13.8 Å². The van der Waals surface area contributed by atoms with Crippen molar-refractivity contribution < 1.29 is 28.4 Å². The Bertz CT molecular complexity index is 1290. The molecule has 0 spiro atoms. The van der Waals surface area contributed by atoms with Crippen LogP contribution in [0.25, 0.3) is 0 Å². The van der Waals surface area contributed by atoms with Gasteiger partial charge in [-0.25, -0.2) is 4.57 Å². The zero-order valence-electron chi connectivity index (χ0n) is 35.5. The molecule has 0 bridgehead atoms. The molecule has 0 saturated heterocycles. The number of phosphoric acid groups is 1. The Balaban J connectivity index is 4.43. The molecule has 322 valence electrons. The van der Waals surface area contributed by atoms with Crippen LogP contribution in [0.1, 0.15) is 142 Å². The average molecular weight is 811 g/mol. The Morgan fingerprint density at radius 1 is 0.596 bits per heavy atom. The third kappa shape index (κ3) is 40.9. The van der Waals surface area contributed by atoms with E-state index in [9.17, 15) is 19.4 Å². The number of phosphoric ester groups is 1. The highest BCUT2D eigenvalue weighted by Crippen LogP contribution is 2.43. The maximum atomic E-state index is 12.7. The third-order valence-electron chi connectivity index (χ3n) is 8.50. The summed E-state index contributed by atoms with van der Waals surface area (Å²) in [5.74, 6) is -0.273. The van der Waals surface area contributed by atoms with Gasteiger partial charge in [-0.2, -0.15) is 0 Å². The summed E-state index contributed by atoms with van der Waals surface area (Å²) in [7, 11) is -4.38. The Hall–Kier alpha value is -3.10. The second kappa shape index (κ2) is 42.5. The molecule has 57 heavy (non-hydrogen) atoms. The van der Waals surface area contributed by atoms with Crippen molar-refractivity contribution >= 4 is 13.7 Å². The highest BCUT2D eigenvalue weighted by Gasteiger charge is 2.26. The molecule has 0 fully saturated rings. The first-order valence-electron chi connectivity index (χ1n) is 21.7. The number of allylic oxidation sites excluding steroid dienone is 19. The van der Waals surface area contributed by atoms with Crippen molar-refractivity contribution in [3.63, 3.8) is 0 Å². The first-order valence-corrected chi connectivity index (χ1v) is 23.2. The summed E-state index contributed by atoms with van der Waals surface area (Å²) in [6.07, 6.45) is 61.1. The van der Waals surface area contributed by atoms with E-state index in [0.29, 0.717) is 12.8 Å². The topological polar surface area (TPSA) is 131 Å². The molecule has 0 aliphatic heterocycles. The van der Waals surface area contributed by atoms with Gasteiger partial charge in [-0.05, 0) is 96.3 Å². The zero-order valence-corrected chi connectivity index (χ0v) is 36.4. The summed E-state index contributed by atoms with van der Waals surface area (Å²) in [6, 6.07) is -0.923. The lowest BCUT2D eigenvalue weighted by atomic mass is 10.1. The second-order valence-corrected chi connectivity index (χ2v) is 15.2. The number of nitrogens with two attached hydrogens (primary N) is 1. The molecular formula is C48H79N2O6P. The van der Waals surface area contributed by atoms with Crippen LogP contribution in [0.2, 0.25) is 0 Å². The van der Waals surface area contributed by atoms with Crippen LogP contribution in [0.15, 0.2) is 122 Å². The predicted octanol–water partition coefficient (Wildman–Crippen LogP) is 12.3. The molecule has 0 saturated carbocycles. The highest BCUT2D eigenvalue weighted by atomic mass is 31.2. The van der Waals surface area contributed by atoms with Crippen LogP contribution >= 0.6 is 7.82 Å². The van der Waals surface area contributed by atoms with Gasteiger partial charge in [0.1, 0.15) is 0 Å². The average Bonchev–Trinajstić information content (AvgIpc) is 3.20. The van der Waals surface area contributed by atoms with Crippen LogP contribution in [-0.2, 0) is 18.4 Å². The van der Waals surface area contributed by atoms with Crippen molar-refractivity contribution in [1.29, 1.82) is 0 Å². The van der Waals surface area contributed by atoms with Crippen molar-refractivity contribution in [2.24, 2.45) is 5.73 Å². The highest BCUT2D eigenvalue weighted by molar-refractivity contribution is 7.47. The minimum absolute atomic E-state index is 0.0552. The Labute approximate surface area is 347 Å². The molecule has 3 unspecified atom stereocenters. The fourth-order valence-corrected chi connectivity index (χ4v) is 6.03. The summed E-state index contributed by atoms with van der Waals surface area (Å²) in [6.45, 7) is 3.90. The Morgan fingerprint density at radius 2 is 1.04 bits per heavy atom. The number of unbranched alkanes of at least 4 members (excludes halogenated alkanes) is 8. The van der Waals surface area contributed by atoms with Crippen molar-refractivity contribution in [2.45, 2.75) is 154 Å². The molecule has 5 N–H and O–H groups in total. The van der Waals surface area contributed by atoms with Crippen molar-refractivity contribution in [2.75, 3.05) is 19.8 Å². The maximum absolute atomic E-state index is 12.7. The molecule has 0 aliphatic carbocycles. The van der Waals surface area contributed by atoms with E-state index in [0.717, 1.165) is 77.0 Å². The number of aliphatic hydroxyl groups excluding tert-OH is 1. The van der Waals surface area contributed by atoms with E-state index in [-0.39, 0.29) is 25.5 Å². The summed E-state index contributed by atoms with van der Waals surface area (Å²) in [4.78, 5) is 22.7. The number of amides is 1. The molecule has 0 rings (SSSR count). The van der Waals surface area contributed by atoms with Gasteiger partial charge >= 0.3 is 7.82 Å². The first-order chi connectivity index (χ1) is 27.9. The first kappa shape index (κ1) is 53.9. The van der Waals surface area contributed by atoms with E-state index in [1.807, 2.05) is 6.08 Å². The molecule has 1 amide bonds. The molecule has 8 nitrogen and oxygen atoms in total. The lowest BCUT2D eigenvalue weighted by Crippen LogP contribution is -2.45. The zero-order chi connectivity index (χ0) is 41.8. The van der Waals surface area contributed by atoms with E-state index < -0.39 is 26.6 Å². The van der Waals surface area contributed by atoms with Crippen LogP contribution < -0.4 is 11.1 Å². The van der Waals surface area contributed by atoms with Gasteiger partial charge in [0, 0.05) is 13.0 Å². The number of carbonyl (C=O) groups excluding carboxylic acids is 1. The number of rotatable bonds is 38. The standard InChI is InChI=1S/C48H79N2O6P/c1-3-5-7-9-11-13-15-17-19-20-21-22-23-24-25-26-28-30-32-34-36-38-40-42-48(52)50-46(45-56-57(53,54)55-44-43-49)47(51)41-39-37-35-33-31-29-27-18-16-14-12-10-8-6-4-2/h5,7,11,13,16-19,21-22,24-25,28,30-31,33-34,36,39,41,46-47,51H,3-4,6,8-10,12,14-15,20,23,26-27,29,32,35,37-38,40,42-45,49H2,1-2H3,(H,50,52)(H,53,54)/b7-5-,13-11-,18-16+,19-17-,22-21-,25-24-,30-28-,33-31+,36-34-,41-39+. The Morgan fingerprint density at radius 3 is 1.54 bits per heavy atom. The van der Waals surface area contributed by atoms with Crippen LogP contribution in [0.3, 0.4) is 0 Å². The van der Waals surface area contributed by atoms with E-state index in [2.05, 4.69) is 129 Å². The summed E-state index contributed by atoms with van der Waals surface area (Å²) >= 11 is 0. The minimum Gasteiger partial charge on any atom is -0.387 e. The van der Waals surface area contributed by atoms with Crippen LogP contribution in [0.5, 0.6) is 0 Å². The maximum Gasteiger partial charge on any atom is 0.472 e. The fraction of sp³-hybridized carbons (Fsp3) is 0.562. The Kier molecular flexibility index (Phi) is 40.2. The molecule has 0 radical (unpaired) electrons. The van der Waals surface area contributed by atoms with Gasteiger partial charge in [0.2, 0.25) is 5.91 Å². The molecule has 0 aromatic heterocycles. The van der Waals surface area contributed by atoms with Gasteiger partial charge in [0.05, 0.1) is 25.4 Å². The van der Waals surface area contributed by atoms with E-state index >= 15 is 0 Å². The molecular weight excluding hydrogens is 732 g/mol. The van der Waals surface area contributed by atoms with Crippen molar-refractivity contribution in [1.82, 2.24) is 5.32 Å².